The molecular weight excluding hydrogens is 513 g/mol. The molecule has 6 nitrogen and oxygen atoms in total. The van der Waals surface area contributed by atoms with Crippen molar-refractivity contribution >= 4 is 35.8 Å². The Morgan fingerprint density at radius 2 is 1.94 bits per heavy atom. The van der Waals surface area contributed by atoms with E-state index in [1.807, 2.05) is 0 Å². The van der Waals surface area contributed by atoms with Gasteiger partial charge in [0.2, 0.25) is 5.91 Å². The van der Waals surface area contributed by atoms with E-state index < -0.39 is 0 Å². The summed E-state index contributed by atoms with van der Waals surface area (Å²) in [5.74, 6) is 1.52. The quantitative estimate of drug-likeness (QED) is 0.276. The fraction of sp³-hybridized carbons (Fsp3) is 0.680. The van der Waals surface area contributed by atoms with E-state index in [1.54, 1.807) is 0 Å². The van der Waals surface area contributed by atoms with Gasteiger partial charge in [0.05, 0.1) is 0 Å². The Hall–Kier alpha value is -1.35. The van der Waals surface area contributed by atoms with Crippen LogP contribution in [0.3, 0.4) is 0 Å². The normalized spacial score (nSPS) is 20.3. The first kappa shape index (κ1) is 26.9. The average molecular weight is 556 g/mol. The average Bonchev–Trinajstić information content (AvgIpc) is 3.46. The van der Waals surface area contributed by atoms with Crippen LogP contribution in [0.4, 0.5) is 0 Å². The molecule has 1 aliphatic heterocycles. The van der Waals surface area contributed by atoms with Crippen LogP contribution in [-0.2, 0) is 11.3 Å². The number of guanidine groups is 1. The summed E-state index contributed by atoms with van der Waals surface area (Å²) in [5.41, 5.74) is 1.34. The lowest BCUT2D eigenvalue weighted by molar-refractivity contribution is -0.134. The Kier molecular flexibility index (Phi) is 11.8. The first-order valence-corrected chi connectivity index (χ1v) is 12.1. The smallest absolute Gasteiger partial charge is 0.225 e. The molecule has 2 unspecified atom stereocenters. The molecule has 3 rings (SSSR count). The van der Waals surface area contributed by atoms with Crippen molar-refractivity contribution in [2.45, 2.75) is 71.0 Å². The largest absolute Gasteiger partial charge is 0.357 e. The molecule has 0 bridgehead atoms. The number of nitrogens with one attached hydrogen (secondary N) is 2. The second-order valence-electron chi connectivity index (χ2n) is 9.19. The van der Waals surface area contributed by atoms with Crippen molar-refractivity contribution in [2.24, 2.45) is 10.9 Å². The van der Waals surface area contributed by atoms with E-state index in [-0.39, 0.29) is 29.9 Å². The van der Waals surface area contributed by atoms with Crippen molar-refractivity contribution in [2.75, 3.05) is 33.2 Å². The van der Waals surface area contributed by atoms with E-state index in [1.165, 1.54) is 18.4 Å². The van der Waals surface area contributed by atoms with Gasteiger partial charge in [-0.2, -0.15) is 0 Å². The molecule has 1 aromatic carbocycles. The van der Waals surface area contributed by atoms with Gasteiger partial charge < -0.3 is 15.5 Å². The Morgan fingerprint density at radius 1 is 1.22 bits per heavy atom. The maximum atomic E-state index is 12.7. The zero-order chi connectivity index (χ0) is 22.1. The lowest BCUT2D eigenvalue weighted by atomic mass is 10.1. The van der Waals surface area contributed by atoms with E-state index >= 15 is 0 Å². The van der Waals surface area contributed by atoms with E-state index in [2.05, 4.69) is 71.7 Å². The molecule has 2 aliphatic rings. The van der Waals surface area contributed by atoms with E-state index in [9.17, 15) is 4.79 Å². The van der Waals surface area contributed by atoms with Crippen molar-refractivity contribution in [3.05, 3.63) is 35.9 Å². The number of hydrogen-bond acceptors (Lipinski definition) is 3. The zero-order valence-electron chi connectivity index (χ0n) is 20.1. The standard InChI is InChI=1S/C25H41N5O.HI/c1-4-26-25(27-16-14-20(2)29(3)18-21-10-6-5-7-11-21)28-23-15-17-30(19-23)24(31)22-12-8-9-13-22;/h5-7,10-11,20,22-23H,4,8-9,12-19H2,1-3H3,(H2,26,27,28);1H. The second kappa shape index (κ2) is 14.0. The minimum absolute atomic E-state index is 0. The molecule has 1 heterocycles. The van der Waals surface area contributed by atoms with Gasteiger partial charge in [0.1, 0.15) is 0 Å². The SMILES string of the molecule is CCNC(=NCCC(C)N(C)Cc1ccccc1)NC1CCN(C(=O)C2CCCC2)C1.I. The van der Waals surface area contributed by atoms with Crippen molar-refractivity contribution in [3.8, 4) is 0 Å². The summed E-state index contributed by atoms with van der Waals surface area (Å²) in [4.78, 5) is 22.0. The van der Waals surface area contributed by atoms with Crippen LogP contribution in [-0.4, -0.2) is 67.0 Å². The molecule has 1 amide bonds. The Balaban J connectivity index is 0.00000363. The van der Waals surface area contributed by atoms with Gasteiger partial charge in [-0.25, -0.2) is 0 Å². The lowest BCUT2D eigenvalue weighted by Gasteiger charge is -2.24. The van der Waals surface area contributed by atoms with Gasteiger partial charge in [-0.3, -0.25) is 14.7 Å². The summed E-state index contributed by atoms with van der Waals surface area (Å²) in [5, 5.41) is 6.94. The van der Waals surface area contributed by atoms with Crippen molar-refractivity contribution in [3.63, 3.8) is 0 Å². The fourth-order valence-electron chi connectivity index (χ4n) is 4.63. The third kappa shape index (κ3) is 8.21. The van der Waals surface area contributed by atoms with Gasteiger partial charge >= 0.3 is 0 Å². The minimum Gasteiger partial charge on any atom is -0.357 e. The van der Waals surface area contributed by atoms with Crippen LogP contribution in [0.5, 0.6) is 0 Å². The van der Waals surface area contributed by atoms with E-state index in [4.69, 9.17) is 4.99 Å². The first-order chi connectivity index (χ1) is 15.1. The molecule has 0 spiro atoms. The van der Waals surface area contributed by atoms with Crippen LogP contribution < -0.4 is 10.6 Å². The number of benzene rings is 1. The highest BCUT2D eigenvalue weighted by atomic mass is 127. The minimum atomic E-state index is 0. The molecule has 1 saturated carbocycles. The molecule has 7 heteroatoms. The predicted molar refractivity (Wildman–Crippen MR) is 143 cm³/mol. The summed E-state index contributed by atoms with van der Waals surface area (Å²) in [7, 11) is 2.18. The Morgan fingerprint density at radius 3 is 2.62 bits per heavy atom. The van der Waals surface area contributed by atoms with Gasteiger partial charge in [-0.05, 0) is 52.1 Å². The van der Waals surface area contributed by atoms with E-state index in [0.717, 1.165) is 64.4 Å². The maximum Gasteiger partial charge on any atom is 0.225 e. The number of likely N-dealkylation sites (tertiary alicyclic amines) is 1. The molecule has 0 radical (unpaired) electrons. The number of nitrogens with zero attached hydrogens (tertiary/aromatic N) is 3. The highest BCUT2D eigenvalue weighted by Gasteiger charge is 2.32. The monoisotopic (exact) mass is 555 g/mol. The lowest BCUT2D eigenvalue weighted by Crippen LogP contribution is -2.45. The fourth-order valence-corrected chi connectivity index (χ4v) is 4.63. The molecule has 1 saturated heterocycles. The summed E-state index contributed by atoms with van der Waals surface area (Å²) < 4.78 is 0. The van der Waals surface area contributed by atoms with Crippen molar-refractivity contribution in [1.29, 1.82) is 0 Å². The number of halogens is 1. The summed E-state index contributed by atoms with van der Waals surface area (Å²) >= 11 is 0. The predicted octanol–water partition coefficient (Wildman–Crippen LogP) is 3.86. The van der Waals surface area contributed by atoms with Crippen LogP contribution in [0.2, 0.25) is 0 Å². The van der Waals surface area contributed by atoms with Crippen LogP contribution in [0.15, 0.2) is 35.3 Å². The molecule has 2 atom stereocenters. The third-order valence-electron chi connectivity index (χ3n) is 6.73. The molecule has 1 aromatic rings. The number of aliphatic imine (C=N–C) groups is 1. The van der Waals surface area contributed by atoms with Gasteiger partial charge in [-0.15, -0.1) is 24.0 Å². The van der Waals surface area contributed by atoms with Gasteiger partial charge in [0.15, 0.2) is 5.96 Å². The van der Waals surface area contributed by atoms with Gasteiger partial charge in [0.25, 0.3) is 0 Å². The molecule has 1 aliphatic carbocycles. The Bertz CT molecular complexity index is 708. The second-order valence-corrected chi connectivity index (χ2v) is 9.19. The maximum absolute atomic E-state index is 12.7. The third-order valence-corrected chi connectivity index (χ3v) is 6.73. The molecule has 0 aromatic heterocycles. The summed E-state index contributed by atoms with van der Waals surface area (Å²) in [6, 6.07) is 11.4. The molecule has 2 N–H and O–H groups in total. The molecule has 180 valence electrons. The van der Waals surface area contributed by atoms with Gasteiger partial charge in [0, 0.05) is 50.7 Å². The summed E-state index contributed by atoms with van der Waals surface area (Å²) in [6.07, 6.45) is 6.59. The van der Waals surface area contributed by atoms with Crippen LogP contribution in [0.25, 0.3) is 0 Å². The molecule has 32 heavy (non-hydrogen) atoms. The number of amides is 1. The Labute approximate surface area is 211 Å². The number of rotatable bonds is 9. The van der Waals surface area contributed by atoms with Crippen LogP contribution >= 0.6 is 24.0 Å². The highest BCUT2D eigenvalue weighted by Crippen LogP contribution is 2.27. The van der Waals surface area contributed by atoms with Crippen molar-refractivity contribution in [1.82, 2.24) is 20.4 Å². The topological polar surface area (TPSA) is 60.0 Å². The van der Waals surface area contributed by atoms with E-state index in [0.29, 0.717) is 18.0 Å². The van der Waals surface area contributed by atoms with Crippen LogP contribution in [0.1, 0.15) is 57.9 Å². The highest BCUT2D eigenvalue weighted by molar-refractivity contribution is 14.0. The summed E-state index contributed by atoms with van der Waals surface area (Å²) in [6.45, 7) is 8.61. The number of carbonyl (C=O) groups excluding carboxylic acids is 1. The van der Waals surface area contributed by atoms with Crippen molar-refractivity contribution < 1.29 is 4.79 Å². The molecule has 2 fully saturated rings. The van der Waals surface area contributed by atoms with Gasteiger partial charge in [-0.1, -0.05) is 43.2 Å². The zero-order valence-corrected chi connectivity index (χ0v) is 22.4. The first-order valence-electron chi connectivity index (χ1n) is 12.1. The van der Waals surface area contributed by atoms with Crippen LogP contribution in [0, 0.1) is 5.92 Å². The number of carbonyl (C=O) groups is 1. The number of hydrogen-bond donors (Lipinski definition) is 2. The molecular formula is C25H42IN5O.